The standard InChI is InChI=1S/C16H14N5/c1-19-12-8-17-7-5-11(12)14-16(19)20(2)15-13-10(9-21(14)15)4-3-6-18-13/h3-8H,9H2,1-2H3/q+1/i1D3,2D3. The molecule has 0 fully saturated rings. The minimum Gasteiger partial charge on any atom is -0.261 e. The number of rotatable bonds is 0. The summed E-state index contributed by atoms with van der Waals surface area (Å²) in [6.45, 7) is -4.71. The van der Waals surface area contributed by atoms with Gasteiger partial charge in [0.2, 0.25) is 0 Å². The summed E-state index contributed by atoms with van der Waals surface area (Å²) in [5.74, 6) is 0.396. The molecule has 102 valence electrons. The fourth-order valence-corrected chi connectivity index (χ4v) is 3.23. The van der Waals surface area contributed by atoms with Gasteiger partial charge >= 0.3 is 0 Å². The Hall–Kier alpha value is -2.69. The Labute approximate surface area is 129 Å². The monoisotopic (exact) mass is 282 g/mol. The van der Waals surface area contributed by atoms with Gasteiger partial charge in [0.05, 0.1) is 40.3 Å². The van der Waals surface area contributed by atoms with Crippen LogP contribution in [0.3, 0.4) is 0 Å². The summed E-state index contributed by atoms with van der Waals surface area (Å²) in [6, 6.07) is 5.42. The zero-order valence-electron chi connectivity index (χ0n) is 16.9. The first-order chi connectivity index (χ1) is 12.7. The van der Waals surface area contributed by atoms with E-state index in [-0.39, 0.29) is 5.65 Å². The number of nitrogens with zero attached hydrogens (tertiary/aromatic N) is 5. The lowest BCUT2D eigenvalue weighted by Gasteiger charge is -1.97. The lowest BCUT2D eigenvalue weighted by Crippen LogP contribution is -2.31. The normalized spacial score (nSPS) is 18.5. The second-order valence-corrected chi connectivity index (χ2v) is 5.16. The second kappa shape index (κ2) is 3.49. The summed E-state index contributed by atoms with van der Waals surface area (Å²) in [6.07, 6.45) is 4.64. The van der Waals surface area contributed by atoms with Crippen molar-refractivity contribution in [2.24, 2.45) is 14.0 Å². The highest BCUT2D eigenvalue weighted by atomic mass is 15.2. The Morgan fingerprint density at radius 3 is 3.24 bits per heavy atom. The van der Waals surface area contributed by atoms with Gasteiger partial charge < -0.3 is 0 Å². The molecule has 1 aliphatic heterocycles. The van der Waals surface area contributed by atoms with Gasteiger partial charge in [0.1, 0.15) is 11.2 Å². The summed E-state index contributed by atoms with van der Waals surface area (Å²) in [4.78, 5) is 8.41. The third-order valence-corrected chi connectivity index (χ3v) is 4.10. The van der Waals surface area contributed by atoms with Gasteiger partial charge in [-0.3, -0.25) is 9.55 Å². The molecule has 5 heteroatoms. The number of aromatic nitrogens is 5. The van der Waals surface area contributed by atoms with Gasteiger partial charge in [-0.2, -0.15) is 0 Å². The molecular formula is C16H14N5+. The molecule has 0 saturated carbocycles. The third kappa shape index (κ3) is 1.15. The molecule has 0 unspecified atom stereocenters. The largest absolute Gasteiger partial charge is 0.269 e. The van der Waals surface area contributed by atoms with E-state index < -0.39 is 14.0 Å². The van der Waals surface area contributed by atoms with Crippen molar-refractivity contribution in [3.05, 3.63) is 42.4 Å². The van der Waals surface area contributed by atoms with Crippen LogP contribution < -0.4 is 4.57 Å². The van der Waals surface area contributed by atoms with Gasteiger partial charge in [0.15, 0.2) is 5.52 Å². The smallest absolute Gasteiger partial charge is 0.261 e. The van der Waals surface area contributed by atoms with E-state index in [9.17, 15) is 0 Å². The molecule has 0 aliphatic carbocycles. The van der Waals surface area contributed by atoms with E-state index in [1.165, 1.54) is 6.20 Å². The predicted octanol–water partition coefficient (Wildman–Crippen LogP) is 1.78. The maximum absolute atomic E-state index is 8.10. The molecule has 0 atom stereocenters. The highest BCUT2D eigenvalue weighted by molar-refractivity contribution is 6.04. The van der Waals surface area contributed by atoms with Crippen molar-refractivity contribution < 1.29 is 12.8 Å². The minimum absolute atomic E-state index is 0.129. The molecule has 0 N–H and O–H groups in total. The van der Waals surface area contributed by atoms with Crippen LogP contribution in [-0.4, -0.2) is 19.1 Å². The molecule has 5 rings (SSSR count). The van der Waals surface area contributed by atoms with Crippen molar-refractivity contribution in [2.75, 3.05) is 0 Å². The molecule has 1 aliphatic rings. The SMILES string of the molecule is [2H]C([2H])([2H])n1c2cnccc2c2c1[n+](C([2H])([2H])[2H])c1n2Cc2cccnc2-1. The van der Waals surface area contributed by atoms with Crippen molar-refractivity contribution >= 4 is 22.1 Å². The second-order valence-electron chi connectivity index (χ2n) is 5.16. The average molecular weight is 282 g/mol. The first-order valence-electron chi connectivity index (χ1n) is 9.57. The average Bonchev–Trinajstić information content (AvgIpc) is 3.18. The van der Waals surface area contributed by atoms with Gasteiger partial charge in [-0.25, -0.2) is 14.1 Å². The molecule has 0 bridgehead atoms. The van der Waals surface area contributed by atoms with Crippen LogP contribution >= 0.6 is 0 Å². The molecule has 0 saturated heterocycles. The number of hydrogen-bond donors (Lipinski definition) is 0. The van der Waals surface area contributed by atoms with Crippen LogP contribution in [0.15, 0.2) is 36.8 Å². The topological polar surface area (TPSA) is 39.5 Å². The molecule has 21 heavy (non-hydrogen) atoms. The van der Waals surface area contributed by atoms with E-state index in [2.05, 4.69) is 9.97 Å². The minimum atomic E-state index is -2.58. The van der Waals surface area contributed by atoms with E-state index in [1.54, 1.807) is 24.5 Å². The van der Waals surface area contributed by atoms with Crippen molar-refractivity contribution in [3.63, 3.8) is 0 Å². The molecule has 5 nitrogen and oxygen atoms in total. The summed E-state index contributed by atoms with van der Waals surface area (Å²) in [5.41, 5.74) is 2.53. The quantitative estimate of drug-likeness (QED) is 0.406. The van der Waals surface area contributed by atoms with Crippen LogP contribution in [0, 0.1) is 0 Å². The molecule has 0 amide bonds. The molecule has 0 radical (unpaired) electrons. The first kappa shape index (κ1) is 6.85. The lowest BCUT2D eigenvalue weighted by atomic mass is 10.2. The zero-order valence-corrected chi connectivity index (χ0v) is 10.9. The van der Waals surface area contributed by atoms with Gasteiger partial charge in [0, 0.05) is 18.0 Å². The van der Waals surface area contributed by atoms with E-state index in [1.807, 2.05) is 10.6 Å². The molecule has 0 spiro atoms. The third-order valence-electron chi connectivity index (χ3n) is 4.10. The number of pyridine rings is 2. The van der Waals surface area contributed by atoms with Gasteiger partial charge in [-0.05, 0) is 12.1 Å². The van der Waals surface area contributed by atoms with Gasteiger partial charge in [-0.1, -0.05) is 6.07 Å². The van der Waals surface area contributed by atoms with Crippen molar-refractivity contribution in [1.29, 1.82) is 0 Å². The fourth-order valence-electron chi connectivity index (χ4n) is 3.23. The van der Waals surface area contributed by atoms with Crippen LogP contribution in [0.4, 0.5) is 0 Å². The highest BCUT2D eigenvalue weighted by Gasteiger charge is 2.34. The van der Waals surface area contributed by atoms with Crippen LogP contribution in [-0.2, 0) is 20.5 Å². The maximum atomic E-state index is 8.10. The van der Waals surface area contributed by atoms with Gasteiger partial charge in [0.25, 0.3) is 11.5 Å². The Balaban J connectivity index is 2.07. The van der Waals surface area contributed by atoms with Crippen LogP contribution in [0.1, 0.15) is 13.8 Å². The molecular weight excluding hydrogens is 262 g/mol. The predicted molar refractivity (Wildman–Crippen MR) is 79.7 cm³/mol. The summed E-state index contributed by atoms with van der Waals surface area (Å²) in [5, 5.41) is 0.646. The maximum Gasteiger partial charge on any atom is 0.269 e. The Bertz CT molecular complexity index is 1230. The first-order valence-corrected chi connectivity index (χ1v) is 6.57. The van der Waals surface area contributed by atoms with Crippen LogP contribution in [0.2, 0.25) is 0 Å². The fraction of sp³-hybridized carbons (Fsp3) is 0.188. The van der Waals surface area contributed by atoms with Crippen LogP contribution in [0.5, 0.6) is 0 Å². The van der Waals surface area contributed by atoms with E-state index in [4.69, 9.17) is 8.22 Å². The Morgan fingerprint density at radius 2 is 2.33 bits per heavy atom. The Morgan fingerprint density at radius 1 is 1.33 bits per heavy atom. The summed E-state index contributed by atoms with van der Waals surface area (Å²) >= 11 is 0. The zero-order chi connectivity index (χ0) is 19.1. The number of hydrogen-bond acceptors (Lipinski definition) is 2. The summed E-state index contributed by atoms with van der Waals surface area (Å²) in [7, 11) is 0. The van der Waals surface area contributed by atoms with Crippen LogP contribution in [0.25, 0.3) is 33.6 Å². The number of aryl methyl sites for hydroxylation is 2. The molecule has 4 aromatic rings. The molecule has 4 aromatic heterocycles. The van der Waals surface area contributed by atoms with Crippen molar-refractivity contribution in [2.45, 2.75) is 6.54 Å². The van der Waals surface area contributed by atoms with E-state index in [0.29, 0.717) is 34.5 Å². The molecule has 0 aromatic carbocycles. The Kier molecular flexibility index (Phi) is 1.14. The van der Waals surface area contributed by atoms with E-state index in [0.717, 1.165) is 14.7 Å². The van der Waals surface area contributed by atoms with E-state index >= 15 is 0 Å². The highest BCUT2D eigenvalue weighted by Crippen LogP contribution is 2.35. The summed E-state index contributed by atoms with van der Waals surface area (Å²) < 4.78 is 52.3. The lowest BCUT2D eigenvalue weighted by molar-refractivity contribution is -0.636. The van der Waals surface area contributed by atoms with Gasteiger partial charge in [-0.15, -0.1) is 0 Å². The van der Waals surface area contributed by atoms with Crippen molar-refractivity contribution in [3.8, 4) is 11.5 Å². The number of fused-ring (bicyclic) bond motifs is 7. The van der Waals surface area contributed by atoms with Crippen molar-refractivity contribution in [1.82, 2.24) is 19.1 Å². The number of imidazole rings is 1. The molecule has 5 heterocycles.